The van der Waals surface area contributed by atoms with Crippen LogP contribution in [0.1, 0.15) is 11.1 Å². The summed E-state index contributed by atoms with van der Waals surface area (Å²) in [5.41, 5.74) is 9.27. The Balaban J connectivity index is 1.59. The van der Waals surface area contributed by atoms with Gasteiger partial charge in [-0.05, 0) is 30.7 Å². The molecule has 5 rings (SSSR count). The van der Waals surface area contributed by atoms with Gasteiger partial charge in [-0.25, -0.2) is 9.37 Å². The number of thioether (sulfide) groups is 1. The lowest BCUT2D eigenvalue weighted by Crippen LogP contribution is -2.31. The molecule has 7 heteroatoms. The number of rotatable bonds is 2. The summed E-state index contributed by atoms with van der Waals surface area (Å²) in [5.74, 6) is 2.46. The molecule has 2 aliphatic rings. The highest BCUT2D eigenvalue weighted by Crippen LogP contribution is 2.33. The van der Waals surface area contributed by atoms with Gasteiger partial charge in [-0.2, -0.15) is 4.98 Å². The monoisotopic (exact) mass is 409 g/mol. The minimum atomic E-state index is -1.03. The number of halogens is 1. The Kier molecular flexibility index (Phi) is 4.80. The Hall–Kier alpha value is -2.38. The van der Waals surface area contributed by atoms with Crippen molar-refractivity contribution in [3.05, 3.63) is 53.6 Å². The number of hydrogen-bond acceptors (Lipinski definition) is 6. The summed E-state index contributed by atoms with van der Waals surface area (Å²) >= 11 is 1.87. The van der Waals surface area contributed by atoms with Gasteiger partial charge in [0, 0.05) is 35.7 Å². The Labute approximate surface area is 174 Å². The third-order valence-corrected chi connectivity index (χ3v) is 6.74. The summed E-state index contributed by atoms with van der Waals surface area (Å²) in [6, 6.07) is 14.2. The van der Waals surface area contributed by atoms with Crippen LogP contribution in [0.4, 0.5) is 16.2 Å². The molecule has 29 heavy (non-hydrogen) atoms. The number of fused-ring (bicyclic) bond motifs is 2. The fourth-order valence-corrected chi connectivity index (χ4v) is 5.08. The molecule has 0 saturated carbocycles. The zero-order chi connectivity index (χ0) is 20.0. The lowest BCUT2D eigenvalue weighted by Gasteiger charge is -2.25. The number of aromatic nitrogens is 2. The Morgan fingerprint density at radius 1 is 1.10 bits per heavy atom. The quantitative estimate of drug-likeness (QED) is 0.699. The van der Waals surface area contributed by atoms with Gasteiger partial charge >= 0.3 is 0 Å². The largest absolute Gasteiger partial charge is 0.351 e. The maximum atomic E-state index is 14.2. The maximum Gasteiger partial charge on any atom is 0.228 e. The van der Waals surface area contributed by atoms with Crippen LogP contribution < -0.4 is 15.5 Å². The second-order valence-corrected chi connectivity index (χ2v) is 8.97. The van der Waals surface area contributed by atoms with Crippen LogP contribution in [-0.4, -0.2) is 47.6 Å². The number of alkyl halides is 1. The minimum Gasteiger partial charge on any atom is -0.351 e. The fourth-order valence-electron chi connectivity index (χ4n) is 4.06. The first-order valence-corrected chi connectivity index (χ1v) is 11.0. The molecular weight excluding hydrogens is 385 g/mol. The van der Waals surface area contributed by atoms with E-state index in [1.165, 1.54) is 10.5 Å². The molecule has 5 nitrogen and oxygen atoms in total. The number of hydrogen-bond donors (Lipinski definition) is 1. The van der Waals surface area contributed by atoms with Gasteiger partial charge in [0.2, 0.25) is 5.95 Å². The van der Waals surface area contributed by atoms with Crippen LogP contribution in [-0.2, 0) is 6.54 Å². The van der Waals surface area contributed by atoms with Crippen molar-refractivity contribution in [3.8, 4) is 0 Å². The van der Waals surface area contributed by atoms with E-state index in [-0.39, 0.29) is 6.54 Å². The molecule has 2 aliphatic heterocycles. The van der Waals surface area contributed by atoms with Gasteiger partial charge in [0.25, 0.3) is 0 Å². The highest BCUT2D eigenvalue weighted by molar-refractivity contribution is 7.99. The molecular formula is C22H24FN5S. The normalized spacial score (nSPS) is 22.0. The van der Waals surface area contributed by atoms with E-state index in [1.54, 1.807) is 0 Å². The van der Waals surface area contributed by atoms with Crippen molar-refractivity contribution >= 4 is 34.4 Å². The molecule has 0 amide bonds. The number of aryl methyl sites for hydroxylation is 1. The van der Waals surface area contributed by atoms with E-state index in [4.69, 9.17) is 15.7 Å². The van der Waals surface area contributed by atoms with Crippen LogP contribution in [0, 0.1) is 6.92 Å². The van der Waals surface area contributed by atoms with Crippen LogP contribution in [0.15, 0.2) is 47.4 Å². The molecule has 2 aromatic carbocycles. The van der Waals surface area contributed by atoms with E-state index in [2.05, 4.69) is 41.3 Å². The Morgan fingerprint density at radius 3 is 2.79 bits per heavy atom. The summed E-state index contributed by atoms with van der Waals surface area (Å²) in [4.78, 5) is 15.3. The molecule has 150 valence electrons. The summed E-state index contributed by atoms with van der Waals surface area (Å²) in [6.07, 6.45) is -1.03. The molecule has 0 radical (unpaired) electrons. The molecule has 2 atom stereocenters. The number of nitrogens with two attached hydrogens (primary N) is 1. The number of benzene rings is 2. The van der Waals surface area contributed by atoms with Gasteiger partial charge in [0.05, 0.1) is 18.1 Å². The summed E-state index contributed by atoms with van der Waals surface area (Å²) in [6.45, 7) is 4.43. The Bertz CT molecular complexity index is 1050. The third kappa shape index (κ3) is 3.53. The number of nitrogens with zero attached hydrogens (tertiary/aromatic N) is 4. The highest BCUT2D eigenvalue weighted by atomic mass is 32.2. The zero-order valence-corrected chi connectivity index (χ0v) is 17.2. The topological polar surface area (TPSA) is 58.3 Å². The van der Waals surface area contributed by atoms with Crippen molar-refractivity contribution in [2.75, 3.05) is 35.2 Å². The predicted octanol–water partition coefficient (Wildman–Crippen LogP) is 3.54. The first kappa shape index (κ1) is 18.6. The highest BCUT2D eigenvalue weighted by Gasteiger charge is 2.32. The van der Waals surface area contributed by atoms with Crippen LogP contribution >= 0.6 is 11.8 Å². The van der Waals surface area contributed by atoms with E-state index in [0.717, 1.165) is 41.1 Å². The van der Waals surface area contributed by atoms with Crippen molar-refractivity contribution in [2.24, 2.45) is 5.73 Å². The SMILES string of the molecule is Cc1ccc2nc(N3CCSc4ccccc4C3)nc(N3CC(N)C(F)C3)c2c1. The second-order valence-electron chi connectivity index (χ2n) is 7.83. The predicted molar refractivity (Wildman–Crippen MR) is 118 cm³/mol. The van der Waals surface area contributed by atoms with Crippen LogP contribution in [0.25, 0.3) is 10.9 Å². The smallest absolute Gasteiger partial charge is 0.228 e. The van der Waals surface area contributed by atoms with E-state index >= 15 is 0 Å². The van der Waals surface area contributed by atoms with E-state index in [0.29, 0.717) is 12.5 Å². The summed E-state index contributed by atoms with van der Waals surface area (Å²) in [7, 11) is 0. The third-order valence-electron chi connectivity index (χ3n) is 5.64. The zero-order valence-electron chi connectivity index (χ0n) is 16.4. The van der Waals surface area contributed by atoms with Gasteiger partial charge in [0.15, 0.2) is 0 Å². The van der Waals surface area contributed by atoms with E-state index < -0.39 is 12.2 Å². The molecule has 3 aromatic rings. The Morgan fingerprint density at radius 2 is 1.97 bits per heavy atom. The van der Waals surface area contributed by atoms with Gasteiger partial charge < -0.3 is 15.5 Å². The summed E-state index contributed by atoms with van der Waals surface area (Å²) < 4.78 is 14.2. The first-order chi connectivity index (χ1) is 14.1. The van der Waals surface area contributed by atoms with E-state index in [9.17, 15) is 4.39 Å². The van der Waals surface area contributed by atoms with Gasteiger partial charge in [-0.15, -0.1) is 11.8 Å². The average molecular weight is 410 g/mol. The van der Waals surface area contributed by atoms with Crippen molar-refractivity contribution in [3.63, 3.8) is 0 Å². The van der Waals surface area contributed by atoms with Crippen LogP contribution in [0.2, 0.25) is 0 Å². The lowest BCUT2D eigenvalue weighted by atomic mass is 10.1. The van der Waals surface area contributed by atoms with E-state index in [1.807, 2.05) is 29.7 Å². The second kappa shape index (κ2) is 7.46. The van der Waals surface area contributed by atoms with Gasteiger partial charge in [-0.3, -0.25) is 0 Å². The molecule has 1 aromatic heterocycles. The van der Waals surface area contributed by atoms with Crippen LogP contribution in [0.3, 0.4) is 0 Å². The lowest BCUT2D eigenvalue weighted by molar-refractivity contribution is 0.333. The van der Waals surface area contributed by atoms with Crippen LogP contribution in [0.5, 0.6) is 0 Å². The molecule has 3 heterocycles. The standard InChI is InChI=1S/C22H24FN5S/c1-14-6-7-19-16(10-14)21(28-12-17(23)18(24)13-28)26-22(25-19)27-8-9-29-20-5-3-2-4-15(20)11-27/h2-7,10,17-18H,8-9,11-13,24H2,1H3. The molecule has 2 N–H and O–H groups in total. The van der Waals surface area contributed by atoms with Crippen molar-refractivity contribution in [1.29, 1.82) is 0 Å². The van der Waals surface area contributed by atoms with Gasteiger partial charge in [-0.1, -0.05) is 29.8 Å². The average Bonchev–Trinajstić information content (AvgIpc) is 2.93. The van der Waals surface area contributed by atoms with Crippen molar-refractivity contribution < 1.29 is 4.39 Å². The first-order valence-electron chi connectivity index (χ1n) is 9.97. The van der Waals surface area contributed by atoms with Crippen molar-refractivity contribution in [2.45, 2.75) is 30.6 Å². The summed E-state index contributed by atoms with van der Waals surface area (Å²) in [5, 5.41) is 0.958. The molecule has 1 saturated heterocycles. The molecule has 0 spiro atoms. The maximum absolute atomic E-state index is 14.2. The molecule has 1 fully saturated rings. The van der Waals surface area contributed by atoms with Gasteiger partial charge in [0.1, 0.15) is 12.0 Å². The molecule has 0 aliphatic carbocycles. The molecule has 0 bridgehead atoms. The fraction of sp³-hybridized carbons (Fsp3) is 0.364. The molecule has 2 unspecified atom stereocenters. The van der Waals surface area contributed by atoms with Crippen molar-refractivity contribution in [1.82, 2.24) is 9.97 Å². The minimum absolute atomic E-state index is 0.277. The number of anilines is 2.